The molecule has 28 heavy (non-hydrogen) atoms. The number of benzene rings is 1. The number of hydrogen-bond acceptors (Lipinski definition) is 3. The minimum atomic E-state index is -0.161. The van der Waals surface area contributed by atoms with E-state index in [1.165, 1.54) is 37.7 Å². The smallest absolute Gasteiger partial charge is 0.339 e. The summed E-state index contributed by atoms with van der Waals surface area (Å²) in [6, 6.07) is 4.26. The van der Waals surface area contributed by atoms with Crippen LogP contribution in [0.2, 0.25) is 0 Å². The first-order valence-electron chi connectivity index (χ1n) is 11.0. The van der Waals surface area contributed by atoms with Crippen molar-refractivity contribution in [2.24, 2.45) is 5.92 Å². The van der Waals surface area contributed by atoms with Crippen molar-refractivity contribution in [3.05, 3.63) is 39.2 Å². The van der Waals surface area contributed by atoms with Gasteiger partial charge in [0.25, 0.3) is 0 Å². The Balaban J connectivity index is 1.99. The van der Waals surface area contributed by atoms with Gasteiger partial charge in [0.15, 0.2) is 0 Å². The molecule has 0 saturated heterocycles. The lowest BCUT2D eigenvalue weighted by Crippen LogP contribution is -2.21. The fourth-order valence-electron chi connectivity index (χ4n) is 4.59. The van der Waals surface area contributed by atoms with E-state index in [1.807, 2.05) is 0 Å². The lowest BCUT2D eigenvalue weighted by molar-refractivity contribution is 0.408. The van der Waals surface area contributed by atoms with Crippen molar-refractivity contribution < 1.29 is 9.15 Å². The first-order valence-corrected chi connectivity index (χ1v) is 11.0. The van der Waals surface area contributed by atoms with Gasteiger partial charge in [0.1, 0.15) is 11.3 Å². The molecular weight excluding hydrogens is 348 g/mol. The third-order valence-electron chi connectivity index (χ3n) is 6.53. The zero-order valence-corrected chi connectivity index (χ0v) is 18.3. The summed E-state index contributed by atoms with van der Waals surface area (Å²) in [5.41, 5.74) is 3.74. The number of rotatable bonds is 8. The number of ether oxygens (including phenoxy) is 1. The molecule has 1 aromatic heterocycles. The van der Waals surface area contributed by atoms with E-state index in [9.17, 15) is 4.79 Å². The van der Waals surface area contributed by atoms with Crippen LogP contribution in [0, 0.1) is 5.92 Å². The fourth-order valence-corrected chi connectivity index (χ4v) is 4.59. The van der Waals surface area contributed by atoms with Gasteiger partial charge in [0, 0.05) is 5.56 Å². The topological polar surface area (TPSA) is 39.4 Å². The van der Waals surface area contributed by atoms with Crippen LogP contribution in [0.15, 0.2) is 21.3 Å². The molecule has 3 nitrogen and oxygen atoms in total. The van der Waals surface area contributed by atoms with Crippen molar-refractivity contribution in [3.8, 4) is 5.75 Å². The number of fused-ring (bicyclic) bond motifs is 3. The standard InChI is InChI=1S/C25H36O3/c1-6-7-8-9-10-13-25(3,4)18-15-21(27-5)23-20-14-17(2)11-12-19(20)24(26)28-22(23)16-18/h15-17H,6-14H2,1-5H3. The van der Waals surface area contributed by atoms with Crippen LogP contribution in [0.25, 0.3) is 11.0 Å². The monoisotopic (exact) mass is 384 g/mol. The van der Waals surface area contributed by atoms with E-state index in [1.54, 1.807) is 7.11 Å². The van der Waals surface area contributed by atoms with E-state index in [4.69, 9.17) is 9.15 Å². The largest absolute Gasteiger partial charge is 0.496 e. The molecule has 1 atom stereocenters. The highest BCUT2D eigenvalue weighted by molar-refractivity contribution is 5.89. The van der Waals surface area contributed by atoms with Gasteiger partial charge in [-0.25, -0.2) is 4.79 Å². The van der Waals surface area contributed by atoms with Gasteiger partial charge in [-0.3, -0.25) is 0 Å². The van der Waals surface area contributed by atoms with E-state index in [0.717, 1.165) is 47.9 Å². The first kappa shape index (κ1) is 21.0. The van der Waals surface area contributed by atoms with Crippen molar-refractivity contribution in [1.82, 2.24) is 0 Å². The summed E-state index contributed by atoms with van der Waals surface area (Å²) >= 11 is 0. The van der Waals surface area contributed by atoms with Gasteiger partial charge < -0.3 is 9.15 Å². The number of unbranched alkanes of at least 4 members (excludes halogenated alkanes) is 4. The lowest BCUT2D eigenvalue weighted by atomic mass is 9.78. The highest BCUT2D eigenvalue weighted by Gasteiger charge is 2.27. The van der Waals surface area contributed by atoms with Gasteiger partial charge in [-0.05, 0) is 60.3 Å². The molecule has 0 saturated carbocycles. The third kappa shape index (κ3) is 4.29. The summed E-state index contributed by atoms with van der Waals surface area (Å²) in [5, 5.41) is 1.01. The predicted octanol–water partition coefficient (Wildman–Crippen LogP) is 6.56. The van der Waals surface area contributed by atoms with Crippen molar-refractivity contribution in [2.45, 2.75) is 90.9 Å². The highest BCUT2D eigenvalue weighted by Crippen LogP contribution is 2.39. The van der Waals surface area contributed by atoms with Crippen LogP contribution in [0.3, 0.4) is 0 Å². The molecule has 0 radical (unpaired) electrons. The Kier molecular flexibility index (Phi) is 6.52. The Morgan fingerprint density at radius 2 is 1.89 bits per heavy atom. The van der Waals surface area contributed by atoms with Gasteiger partial charge in [-0.1, -0.05) is 59.8 Å². The highest BCUT2D eigenvalue weighted by atomic mass is 16.5. The summed E-state index contributed by atoms with van der Waals surface area (Å²) in [6.07, 6.45) is 10.3. The minimum absolute atomic E-state index is 0.0233. The molecule has 1 aliphatic carbocycles. The van der Waals surface area contributed by atoms with E-state index < -0.39 is 0 Å². The predicted molar refractivity (Wildman–Crippen MR) is 117 cm³/mol. The number of methoxy groups -OCH3 is 1. The zero-order valence-electron chi connectivity index (χ0n) is 18.3. The van der Waals surface area contributed by atoms with Crippen LogP contribution >= 0.6 is 0 Å². The molecule has 2 aromatic rings. The summed E-state index contributed by atoms with van der Waals surface area (Å²) in [7, 11) is 1.72. The van der Waals surface area contributed by atoms with Gasteiger partial charge in [-0.15, -0.1) is 0 Å². The maximum atomic E-state index is 12.6. The van der Waals surface area contributed by atoms with Crippen molar-refractivity contribution in [3.63, 3.8) is 0 Å². The van der Waals surface area contributed by atoms with Crippen LogP contribution in [0.1, 0.15) is 89.3 Å². The van der Waals surface area contributed by atoms with Crippen LogP contribution in [-0.4, -0.2) is 7.11 Å². The molecule has 0 amide bonds. The van der Waals surface area contributed by atoms with Crippen LogP contribution in [0.4, 0.5) is 0 Å². The second kappa shape index (κ2) is 8.71. The molecular formula is C25H36O3. The Morgan fingerprint density at radius 3 is 2.61 bits per heavy atom. The second-order valence-electron chi connectivity index (χ2n) is 9.29. The zero-order chi connectivity index (χ0) is 20.3. The van der Waals surface area contributed by atoms with Crippen LogP contribution in [-0.2, 0) is 18.3 Å². The second-order valence-corrected chi connectivity index (χ2v) is 9.29. The molecule has 1 aromatic carbocycles. The molecule has 0 bridgehead atoms. The quantitative estimate of drug-likeness (QED) is 0.382. The summed E-state index contributed by atoms with van der Waals surface area (Å²) in [5.74, 6) is 1.43. The molecule has 0 spiro atoms. The number of hydrogen-bond donors (Lipinski definition) is 0. The van der Waals surface area contributed by atoms with Gasteiger partial charge in [-0.2, -0.15) is 0 Å². The van der Waals surface area contributed by atoms with E-state index in [2.05, 4.69) is 39.8 Å². The molecule has 1 heterocycles. The molecule has 0 N–H and O–H groups in total. The van der Waals surface area contributed by atoms with E-state index in [-0.39, 0.29) is 11.0 Å². The van der Waals surface area contributed by atoms with Crippen molar-refractivity contribution >= 4 is 11.0 Å². The molecule has 0 aliphatic heterocycles. The molecule has 3 heteroatoms. The van der Waals surface area contributed by atoms with Crippen molar-refractivity contribution in [2.75, 3.05) is 7.11 Å². The summed E-state index contributed by atoms with van der Waals surface area (Å²) in [6.45, 7) is 9.07. The third-order valence-corrected chi connectivity index (χ3v) is 6.53. The van der Waals surface area contributed by atoms with Gasteiger partial charge >= 0.3 is 5.63 Å². The Labute approximate surface area is 169 Å². The normalized spacial score (nSPS) is 17.0. The Morgan fingerprint density at radius 1 is 1.14 bits per heavy atom. The molecule has 154 valence electrons. The average molecular weight is 385 g/mol. The summed E-state index contributed by atoms with van der Waals surface area (Å²) < 4.78 is 11.6. The van der Waals surface area contributed by atoms with Gasteiger partial charge in [0.05, 0.1) is 12.5 Å². The van der Waals surface area contributed by atoms with Crippen LogP contribution in [0.5, 0.6) is 5.75 Å². The SMILES string of the molecule is CCCCCCCC(C)(C)c1cc(OC)c2c3c(c(=O)oc2c1)CCC(C)C3. The molecule has 3 rings (SSSR count). The average Bonchev–Trinajstić information content (AvgIpc) is 2.66. The van der Waals surface area contributed by atoms with Crippen LogP contribution < -0.4 is 10.4 Å². The summed E-state index contributed by atoms with van der Waals surface area (Å²) in [4.78, 5) is 12.6. The molecule has 0 fully saturated rings. The fraction of sp³-hybridized carbons (Fsp3) is 0.640. The maximum Gasteiger partial charge on any atom is 0.339 e. The van der Waals surface area contributed by atoms with E-state index >= 15 is 0 Å². The van der Waals surface area contributed by atoms with Gasteiger partial charge in [0.2, 0.25) is 0 Å². The lowest BCUT2D eigenvalue weighted by Gasteiger charge is -2.27. The Hall–Kier alpha value is -1.77. The minimum Gasteiger partial charge on any atom is -0.496 e. The Bertz CT molecular complexity index is 875. The maximum absolute atomic E-state index is 12.6. The van der Waals surface area contributed by atoms with E-state index in [0.29, 0.717) is 11.5 Å². The molecule has 1 unspecified atom stereocenters. The molecule has 1 aliphatic rings. The first-order chi connectivity index (χ1) is 13.4. The van der Waals surface area contributed by atoms with Crippen molar-refractivity contribution in [1.29, 1.82) is 0 Å².